The van der Waals surface area contributed by atoms with Crippen LogP contribution in [0.3, 0.4) is 0 Å². The van der Waals surface area contributed by atoms with Gasteiger partial charge in [-0.25, -0.2) is 10.4 Å². The first-order chi connectivity index (χ1) is 13.6. The number of pyridine rings is 1. The molecule has 0 fully saturated rings. The molecule has 0 aliphatic heterocycles. The van der Waals surface area contributed by atoms with E-state index in [9.17, 15) is 4.79 Å². The Morgan fingerprint density at radius 3 is 2.54 bits per heavy atom. The minimum atomic E-state index is -0.267. The number of hydrogen-bond acceptors (Lipinski definition) is 3. The Morgan fingerprint density at radius 1 is 1.04 bits per heavy atom. The van der Waals surface area contributed by atoms with Crippen LogP contribution in [0.4, 0.5) is 0 Å². The molecule has 2 heterocycles. The Bertz CT molecular complexity index is 1180. The predicted octanol–water partition coefficient (Wildman–Crippen LogP) is 4.61. The monoisotopic (exact) mass is 368 g/mol. The van der Waals surface area contributed by atoms with Crippen LogP contribution in [0.1, 0.15) is 27.3 Å². The number of rotatable bonds is 4. The highest BCUT2D eigenvalue weighted by Crippen LogP contribution is 2.24. The highest BCUT2D eigenvalue weighted by molar-refractivity contribution is 6.07. The third kappa shape index (κ3) is 3.55. The second-order valence-electron chi connectivity index (χ2n) is 6.67. The van der Waals surface area contributed by atoms with E-state index in [0.717, 1.165) is 39.1 Å². The summed E-state index contributed by atoms with van der Waals surface area (Å²) < 4.78 is 0. The maximum atomic E-state index is 12.9. The molecule has 0 unspecified atom stereocenters. The van der Waals surface area contributed by atoms with Gasteiger partial charge in [0.1, 0.15) is 0 Å². The Hall–Kier alpha value is -3.73. The summed E-state index contributed by atoms with van der Waals surface area (Å²) in [6.07, 6.45) is 1.65. The quantitative estimate of drug-likeness (QED) is 0.408. The van der Waals surface area contributed by atoms with E-state index in [1.807, 2.05) is 80.6 Å². The van der Waals surface area contributed by atoms with Gasteiger partial charge in [0, 0.05) is 27.9 Å². The number of para-hydroxylation sites is 1. The lowest BCUT2D eigenvalue weighted by Gasteiger charge is -2.09. The number of nitrogens with zero attached hydrogens (tertiary/aromatic N) is 2. The van der Waals surface area contributed by atoms with Crippen molar-refractivity contribution in [3.63, 3.8) is 0 Å². The lowest BCUT2D eigenvalue weighted by Crippen LogP contribution is -2.18. The largest absolute Gasteiger partial charge is 0.362 e. The van der Waals surface area contributed by atoms with Crippen LogP contribution in [-0.4, -0.2) is 22.1 Å². The number of aromatic amines is 1. The first-order valence-electron chi connectivity index (χ1n) is 9.06. The van der Waals surface area contributed by atoms with Gasteiger partial charge >= 0.3 is 0 Å². The second kappa shape index (κ2) is 7.48. The number of aromatic nitrogens is 2. The zero-order valence-corrected chi connectivity index (χ0v) is 15.7. The number of H-pyrrole nitrogens is 1. The van der Waals surface area contributed by atoms with E-state index in [0.29, 0.717) is 5.56 Å². The molecule has 0 atom stereocenters. The van der Waals surface area contributed by atoms with Crippen LogP contribution in [0.15, 0.2) is 71.8 Å². The second-order valence-corrected chi connectivity index (χ2v) is 6.67. The van der Waals surface area contributed by atoms with Crippen LogP contribution in [0, 0.1) is 13.8 Å². The minimum absolute atomic E-state index is 0.267. The van der Waals surface area contributed by atoms with E-state index in [4.69, 9.17) is 4.98 Å². The fourth-order valence-electron chi connectivity index (χ4n) is 3.22. The Balaban J connectivity index is 1.68. The number of hydrogen-bond donors (Lipinski definition) is 2. The van der Waals surface area contributed by atoms with E-state index in [-0.39, 0.29) is 5.91 Å². The summed E-state index contributed by atoms with van der Waals surface area (Å²) in [5.41, 5.74) is 8.69. The molecular formula is C23H20N4O. The zero-order valence-electron chi connectivity index (χ0n) is 15.7. The molecule has 0 aliphatic carbocycles. The van der Waals surface area contributed by atoms with Crippen molar-refractivity contribution in [2.45, 2.75) is 13.8 Å². The summed E-state index contributed by atoms with van der Waals surface area (Å²) in [5.74, 6) is -0.267. The van der Waals surface area contributed by atoms with E-state index in [1.54, 1.807) is 6.21 Å². The van der Waals surface area contributed by atoms with Crippen LogP contribution < -0.4 is 5.43 Å². The maximum Gasteiger partial charge on any atom is 0.272 e. The molecule has 2 aromatic heterocycles. The molecular weight excluding hydrogens is 348 g/mol. The van der Waals surface area contributed by atoms with Crippen molar-refractivity contribution in [2.24, 2.45) is 5.10 Å². The minimum Gasteiger partial charge on any atom is -0.362 e. The third-order valence-electron chi connectivity index (χ3n) is 4.59. The van der Waals surface area contributed by atoms with Gasteiger partial charge in [0.15, 0.2) is 0 Å². The van der Waals surface area contributed by atoms with Crippen molar-refractivity contribution in [1.82, 2.24) is 15.4 Å². The van der Waals surface area contributed by atoms with Crippen molar-refractivity contribution < 1.29 is 4.79 Å². The number of benzene rings is 2. The number of nitrogens with one attached hydrogen (secondary N) is 2. The summed E-state index contributed by atoms with van der Waals surface area (Å²) in [4.78, 5) is 20.8. The Morgan fingerprint density at radius 2 is 1.79 bits per heavy atom. The van der Waals surface area contributed by atoms with Gasteiger partial charge in [0.2, 0.25) is 0 Å². The van der Waals surface area contributed by atoms with E-state index in [2.05, 4.69) is 15.5 Å². The fraction of sp³-hybridized carbons (Fsp3) is 0.0870. The molecule has 0 saturated carbocycles. The van der Waals surface area contributed by atoms with Crippen LogP contribution >= 0.6 is 0 Å². The fourth-order valence-corrected chi connectivity index (χ4v) is 3.22. The summed E-state index contributed by atoms with van der Waals surface area (Å²) >= 11 is 0. The van der Waals surface area contributed by atoms with Gasteiger partial charge in [-0.2, -0.15) is 5.10 Å². The van der Waals surface area contributed by atoms with Crippen molar-refractivity contribution in [1.29, 1.82) is 0 Å². The van der Waals surface area contributed by atoms with Crippen LogP contribution in [0.2, 0.25) is 0 Å². The SMILES string of the molecule is Cc1cc(/C=N/NC(=O)c2cc(-c3ccccc3)nc3ccccc23)c(C)[nH]1. The third-order valence-corrected chi connectivity index (χ3v) is 4.59. The van der Waals surface area contributed by atoms with E-state index < -0.39 is 0 Å². The van der Waals surface area contributed by atoms with Crippen molar-refractivity contribution in [2.75, 3.05) is 0 Å². The molecule has 0 saturated heterocycles. The van der Waals surface area contributed by atoms with Gasteiger partial charge in [0.25, 0.3) is 5.91 Å². The van der Waals surface area contributed by atoms with Gasteiger partial charge in [-0.1, -0.05) is 48.5 Å². The summed E-state index contributed by atoms with van der Waals surface area (Å²) in [6.45, 7) is 3.95. The molecule has 0 radical (unpaired) electrons. The summed E-state index contributed by atoms with van der Waals surface area (Å²) in [6, 6.07) is 21.3. The number of carbonyl (C=O) groups excluding carboxylic acids is 1. The van der Waals surface area contributed by atoms with E-state index in [1.165, 1.54) is 0 Å². The van der Waals surface area contributed by atoms with Gasteiger partial charge < -0.3 is 4.98 Å². The molecule has 0 bridgehead atoms. The molecule has 138 valence electrons. The first-order valence-corrected chi connectivity index (χ1v) is 9.06. The highest BCUT2D eigenvalue weighted by Gasteiger charge is 2.13. The van der Waals surface area contributed by atoms with Crippen LogP contribution in [0.25, 0.3) is 22.2 Å². The molecule has 4 rings (SSSR count). The van der Waals surface area contributed by atoms with E-state index >= 15 is 0 Å². The van der Waals surface area contributed by atoms with Crippen molar-refractivity contribution >= 4 is 23.0 Å². The first kappa shape index (κ1) is 17.7. The lowest BCUT2D eigenvalue weighted by molar-refractivity contribution is 0.0956. The molecule has 0 aliphatic rings. The highest BCUT2D eigenvalue weighted by atomic mass is 16.2. The number of carbonyl (C=O) groups is 1. The molecule has 5 heteroatoms. The number of amides is 1. The Kier molecular flexibility index (Phi) is 4.72. The number of hydrazone groups is 1. The average molecular weight is 368 g/mol. The topological polar surface area (TPSA) is 70.1 Å². The summed E-state index contributed by atoms with van der Waals surface area (Å²) in [7, 11) is 0. The number of aryl methyl sites for hydroxylation is 2. The molecule has 5 nitrogen and oxygen atoms in total. The van der Waals surface area contributed by atoms with Gasteiger partial charge in [-0.15, -0.1) is 0 Å². The summed E-state index contributed by atoms with van der Waals surface area (Å²) in [5, 5.41) is 4.93. The standard InChI is InChI=1S/C23H20N4O/c1-15-12-18(16(2)25-15)14-24-27-23(28)20-13-22(17-8-4-3-5-9-17)26-21-11-7-6-10-19(20)21/h3-14,25H,1-2H3,(H,27,28)/b24-14+. The molecule has 0 spiro atoms. The van der Waals surface area contributed by atoms with Crippen molar-refractivity contribution in [3.05, 3.63) is 89.2 Å². The normalized spacial score (nSPS) is 11.2. The predicted molar refractivity (Wildman–Crippen MR) is 113 cm³/mol. The zero-order chi connectivity index (χ0) is 19.5. The smallest absolute Gasteiger partial charge is 0.272 e. The van der Waals surface area contributed by atoms with Crippen LogP contribution in [-0.2, 0) is 0 Å². The van der Waals surface area contributed by atoms with Crippen LogP contribution in [0.5, 0.6) is 0 Å². The number of fused-ring (bicyclic) bond motifs is 1. The maximum absolute atomic E-state index is 12.9. The van der Waals surface area contributed by atoms with Gasteiger partial charge in [0.05, 0.1) is 23.0 Å². The average Bonchev–Trinajstić information content (AvgIpc) is 3.04. The molecule has 28 heavy (non-hydrogen) atoms. The van der Waals surface area contributed by atoms with Gasteiger partial charge in [-0.3, -0.25) is 4.79 Å². The Labute approximate surface area is 163 Å². The van der Waals surface area contributed by atoms with Gasteiger partial charge in [-0.05, 0) is 32.0 Å². The molecule has 4 aromatic rings. The molecule has 1 amide bonds. The van der Waals surface area contributed by atoms with Crippen molar-refractivity contribution in [3.8, 4) is 11.3 Å². The lowest BCUT2D eigenvalue weighted by atomic mass is 10.0. The molecule has 2 N–H and O–H groups in total. The molecule has 2 aromatic carbocycles.